The van der Waals surface area contributed by atoms with Gasteiger partial charge in [0.25, 0.3) is 0 Å². The maximum Gasteiger partial charge on any atom is 0.0594 e. The van der Waals surface area contributed by atoms with Gasteiger partial charge in [-0.15, -0.1) is 0 Å². The number of hydrogen-bond donors (Lipinski definition) is 2. The summed E-state index contributed by atoms with van der Waals surface area (Å²) in [6.45, 7) is 16.3. The lowest BCUT2D eigenvalue weighted by molar-refractivity contribution is -0.161. The highest BCUT2D eigenvalue weighted by molar-refractivity contribution is 5.08. The molecule has 0 saturated heterocycles. The van der Waals surface area contributed by atoms with Crippen molar-refractivity contribution in [3.8, 4) is 0 Å². The Labute approximate surface area is 218 Å². The molecular formula is C32H60N2O. The maximum atomic E-state index is 6.35. The molecule has 0 heterocycles. The van der Waals surface area contributed by atoms with Crippen LogP contribution in [0.4, 0.5) is 0 Å². The molecule has 4 aliphatic carbocycles. The second-order valence-electron chi connectivity index (χ2n) is 14.3. The Balaban J connectivity index is 1.37. The molecule has 0 aliphatic heterocycles. The molecular weight excluding hydrogens is 428 g/mol. The number of rotatable bonds is 11. The van der Waals surface area contributed by atoms with Crippen LogP contribution < -0.4 is 11.1 Å². The summed E-state index contributed by atoms with van der Waals surface area (Å²) in [4.78, 5) is 0. The van der Waals surface area contributed by atoms with Gasteiger partial charge in [0.1, 0.15) is 0 Å². The van der Waals surface area contributed by atoms with Crippen LogP contribution in [0.5, 0.6) is 0 Å². The molecule has 9 atom stereocenters. The first kappa shape index (κ1) is 27.9. The van der Waals surface area contributed by atoms with E-state index in [2.05, 4.69) is 39.9 Å². The predicted molar refractivity (Wildman–Crippen MR) is 149 cm³/mol. The Morgan fingerprint density at radius 3 is 2.43 bits per heavy atom. The first-order valence-corrected chi connectivity index (χ1v) is 15.8. The van der Waals surface area contributed by atoms with Crippen molar-refractivity contribution < 1.29 is 4.74 Å². The minimum absolute atomic E-state index is 0.490. The third kappa shape index (κ3) is 5.98. The molecule has 4 fully saturated rings. The molecule has 0 unspecified atom stereocenters. The first-order chi connectivity index (χ1) is 16.8. The van der Waals surface area contributed by atoms with Crippen LogP contribution in [0.2, 0.25) is 0 Å². The Morgan fingerprint density at radius 2 is 1.66 bits per heavy atom. The number of hydrogen-bond acceptors (Lipinski definition) is 3. The van der Waals surface area contributed by atoms with E-state index >= 15 is 0 Å². The Hall–Kier alpha value is -0.120. The third-order valence-corrected chi connectivity index (χ3v) is 12.0. The van der Waals surface area contributed by atoms with Gasteiger partial charge < -0.3 is 15.8 Å². The molecule has 0 aromatic rings. The van der Waals surface area contributed by atoms with Gasteiger partial charge in [0.2, 0.25) is 0 Å². The van der Waals surface area contributed by atoms with Gasteiger partial charge in [-0.1, -0.05) is 60.3 Å². The molecule has 3 nitrogen and oxygen atoms in total. The molecule has 0 radical (unpaired) electrons. The average molecular weight is 489 g/mol. The Bertz CT molecular complexity index is 651. The van der Waals surface area contributed by atoms with Crippen LogP contribution in [-0.2, 0) is 4.74 Å². The van der Waals surface area contributed by atoms with E-state index in [4.69, 9.17) is 10.5 Å². The Kier molecular flexibility index (Phi) is 9.70. The fraction of sp³-hybridized carbons (Fsp3) is 1.00. The summed E-state index contributed by atoms with van der Waals surface area (Å²) >= 11 is 0. The summed E-state index contributed by atoms with van der Waals surface area (Å²) in [5.74, 6) is 6.59. The molecule has 3 N–H and O–H groups in total. The second kappa shape index (κ2) is 12.2. The van der Waals surface area contributed by atoms with Crippen molar-refractivity contribution in [2.45, 2.75) is 124 Å². The lowest BCUT2D eigenvalue weighted by Gasteiger charge is -2.64. The molecule has 0 aromatic carbocycles. The predicted octanol–water partition coefficient (Wildman–Crippen LogP) is 7.43. The summed E-state index contributed by atoms with van der Waals surface area (Å²) < 4.78 is 6.35. The monoisotopic (exact) mass is 488 g/mol. The molecule has 4 rings (SSSR count). The zero-order chi connectivity index (χ0) is 25.1. The van der Waals surface area contributed by atoms with E-state index in [9.17, 15) is 0 Å². The fourth-order valence-electron chi connectivity index (χ4n) is 10.1. The van der Waals surface area contributed by atoms with E-state index in [1.165, 1.54) is 83.5 Å². The van der Waals surface area contributed by atoms with Crippen molar-refractivity contribution in [1.29, 1.82) is 0 Å². The molecule has 0 aromatic heterocycles. The maximum absolute atomic E-state index is 6.35. The molecule has 0 amide bonds. The smallest absolute Gasteiger partial charge is 0.0594 e. The molecule has 4 saturated carbocycles. The second-order valence-corrected chi connectivity index (χ2v) is 14.3. The SMILES string of the molecule is CC(C)CCC[C@@H](C)[C@H]1CCC[C@H]2[C@@H]3CC[C@H]4C[C@@H](OCCNCCN)CC[C@]4(C)[C@H]3CC[C@]12C. The first-order valence-electron chi connectivity index (χ1n) is 15.8. The van der Waals surface area contributed by atoms with Crippen LogP contribution in [0.25, 0.3) is 0 Å². The van der Waals surface area contributed by atoms with Crippen LogP contribution >= 0.6 is 0 Å². The van der Waals surface area contributed by atoms with Crippen molar-refractivity contribution >= 4 is 0 Å². The average Bonchev–Trinajstić information content (AvgIpc) is 2.82. The highest BCUT2D eigenvalue weighted by atomic mass is 16.5. The van der Waals surface area contributed by atoms with Gasteiger partial charge in [-0.25, -0.2) is 0 Å². The third-order valence-electron chi connectivity index (χ3n) is 12.0. The van der Waals surface area contributed by atoms with Crippen LogP contribution in [0.15, 0.2) is 0 Å². The fourth-order valence-corrected chi connectivity index (χ4v) is 10.1. The van der Waals surface area contributed by atoms with Crippen LogP contribution in [0.3, 0.4) is 0 Å². The highest BCUT2D eigenvalue weighted by Crippen LogP contribution is 2.67. The summed E-state index contributed by atoms with van der Waals surface area (Å²) in [5, 5.41) is 3.38. The highest BCUT2D eigenvalue weighted by Gasteiger charge is 2.59. The van der Waals surface area contributed by atoms with Gasteiger partial charge >= 0.3 is 0 Å². The summed E-state index contributed by atoms with van der Waals surface area (Å²) in [5.41, 5.74) is 6.77. The van der Waals surface area contributed by atoms with Crippen molar-refractivity contribution in [3.63, 3.8) is 0 Å². The molecule has 35 heavy (non-hydrogen) atoms. The van der Waals surface area contributed by atoms with E-state index in [-0.39, 0.29) is 0 Å². The van der Waals surface area contributed by atoms with E-state index in [0.717, 1.165) is 61.1 Å². The number of nitrogens with one attached hydrogen (secondary N) is 1. The van der Waals surface area contributed by atoms with E-state index < -0.39 is 0 Å². The summed E-state index contributed by atoms with van der Waals surface area (Å²) in [6.07, 6.45) is 19.3. The number of nitrogens with two attached hydrogens (primary N) is 1. The Morgan fingerprint density at radius 1 is 0.886 bits per heavy atom. The van der Waals surface area contributed by atoms with Gasteiger partial charge in [0.05, 0.1) is 12.7 Å². The zero-order valence-electron chi connectivity index (χ0n) is 24.1. The lowest BCUT2D eigenvalue weighted by atomic mass is 9.41. The van der Waals surface area contributed by atoms with Gasteiger partial charge in [-0.3, -0.25) is 0 Å². The minimum Gasteiger partial charge on any atom is -0.377 e. The minimum atomic E-state index is 0.490. The van der Waals surface area contributed by atoms with E-state index in [1.54, 1.807) is 0 Å². The summed E-state index contributed by atoms with van der Waals surface area (Å²) in [7, 11) is 0. The van der Waals surface area contributed by atoms with E-state index in [0.29, 0.717) is 23.5 Å². The van der Waals surface area contributed by atoms with Crippen molar-refractivity contribution in [2.75, 3.05) is 26.2 Å². The van der Waals surface area contributed by atoms with Gasteiger partial charge in [-0.05, 0) is 110 Å². The topological polar surface area (TPSA) is 47.3 Å². The number of ether oxygens (including phenoxy) is 1. The molecule has 0 bridgehead atoms. The molecule has 4 aliphatic rings. The van der Waals surface area contributed by atoms with E-state index in [1.807, 2.05) is 0 Å². The largest absolute Gasteiger partial charge is 0.377 e. The van der Waals surface area contributed by atoms with Crippen molar-refractivity contribution in [3.05, 3.63) is 0 Å². The lowest BCUT2D eigenvalue weighted by Crippen LogP contribution is -2.57. The van der Waals surface area contributed by atoms with Crippen LogP contribution in [0.1, 0.15) is 118 Å². The normalized spacial score (nSPS) is 42.3. The van der Waals surface area contributed by atoms with Gasteiger partial charge in [0, 0.05) is 19.6 Å². The standard InChI is InChI=1S/C32H60N2O/c1-23(2)8-6-9-24(3)28-10-7-11-29-27-13-12-25-22-26(35-21-20-34-19-18-33)14-16-31(25,4)30(27)15-17-32(28,29)5/h23-30,34H,6-22,33H2,1-5H3/t24-,25+,26+,27+,28-,29+,30+,31+,32-/m1/s1. The van der Waals surface area contributed by atoms with Crippen molar-refractivity contribution in [2.24, 2.45) is 58.0 Å². The van der Waals surface area contributed by atoms with Gasteiger partial charge in [0.15, 0.2) is 0 Å². The van der Waals surface area contributed by atoms with Gasteiger partial charge in [-0.2, -0.15) is 0 Å². The van der Waals surface area contributed by atoms with Crippen LogP contribution in [-0.4, -0.2) is 32.3 Å². The molecule has 3 heteroatoms. The number of fused-ring (bicyclic) bond motifs is 5. The van der Waals surface area contributed by atoms with Crippen molar-refractivity contribution in [1.82, 2.24) is 5.32 Å². The molecule has 0 spiro atoms. The quantitative estimate of drug-likeness (QED) is 0.297. The summed E-state index contributed by atoms with van der Waals surface area (Å²) in [6, 6.07) is 0. The zero-order valence-corrected chi connectivity index (χ0v) is 24.1. The van der Waals surface area contributed by atoms with Crippen LogP contribution in [0, 0.1) is 52.3 Å². The molecule has 204 valence electrons.